The van der Waals surface area contributed by atoms with Gasteiger partial charge in [0.15, 0.2) is 6.10 Å². The van der Waals surface area contributed by atoms with E-state index in [1.165, 1.54) is 154 Å². The number of allylic oxidation sites excluding steroid dienone is 14. The first-order valence-electron chi connectivity index (χ1n) is 31.8. The van der Waals surface area contributed by atoms with Crippen molar-refractivity contribution in [1.82, 2.24) is 0 Å². The molecule has 77 heavy (non-hydrogen) atoms. The van der Waals surface area contributed by atoms with Gasteiger partial charge in [-0.3, -0.25) is 9.59 Å². The Hall–Kier alpha value is -3.53. The molecule has 0 fully saturated rings. The van der Waals surface area contributed by atoms with Crippen LogP contribution in [-0.4, -0.2) is 87.4 Å². The zero-order chi connectivity index (χ0) is 56.2. The third-order valence-electron chi connectivity index (χ3n) is 13.6. The predicted molar refractivity (Wildman–Crippen MR) is 327 cm³/mol. The Kier molecular flexibility index (Phi) is 55.9. The van der Waals surface area contributed by atoms with Crippen molar-refractivity contribution in [3.63, 3.8) is 0 Å². The topological polar surface area (TPSA) is 108 Å². The highest BCUT2D eigenvalue weighted by molar-refractivity contribution is 5.71. The number of carboxylic acids is 1. The molecule has 0 aromatic rings. The monoisotopic (exact) mass is 1080 g/mol. The van der Waals surface area contributed by atoms with Crippen LogP contribution >= 0.6 is 0 Å². The number of nitrogens with zero attached hydrogens (tertiary/aromatic N) is 1. The highest BCUT2D eigenvalue weighted by atomic mass is 16.7. The molecule has 444 valence electrons. The first-order valence-corrected chi connectivity index (χ1v) is 31.8. The third kappa shape index (κ3) is 60.0. The second kappa shape index (κ2) is 58.6. The number of ether oxygens (including phenoxy) is 4. The number of quaternary nitrogens is 1. The number of carbonyl (C=O) groups excluding carboxylic acids is 2. The van der Waals surface area contributed by atoms with Gasteiger partial charge < -0.3 is 28.5 Å². The second-order valence-electron chi connectivity index (χ2n) is 22.3. The molecule has 0 spiro atoms. The van der Waals surface area contributed by atoms with Crippen LogP contribution < -0.4 is 0 Å². The van der Waals surface area contributed by atoms with Crippen LogP contribution in [0, 0.1) is 0 Å². The van der Waals surface area contributed by atoms with Gasteiger partial charge in [-0.1, -0.05) is 253 Å². The molecule has 0 bridgehead atoms. The molecule has 2 atom stereocenters. The van der Waals surface area contributed by atoms with E-state index < -0.39 is 24.3 Å². The molecule has 0 radical (unpaired) electrons. The molecule has 9 nitrogen and oxygen atoms in total. The summed E-state index contributed by atoms with van der Waals surface area (Å²) in [7, 11) is 5.97. The summed E-state index contributed by atoms with van der Waals surface area (Å²) in [5.74, 6) is -2.01. The van der Waals surface area contributed by atoms with Crippen molar-refractivity contribution in [1.29, 1.82) is 0 Å². The maximum absolute atomic E-state index is 12.9. The van der Waals surface area contributed by atoms with Crippen LogP contribution in [0.2, 0.25) is 0 Å². The third-order valence-corrected chi connectivity index (χ3v) is 13.6. The first kappa shape index (κ1) is 73.5. The zero-order valence-electron chi connectivity index (χ0n) is 50.6. The minimum Gasteiger partial charge on any atom is -0.477 e. The van der Waals surface area contributed by atoms with Crippen molar-refractivity contribution >= 4 is 17.9 Å². The number of aliphatic carboxylic acids is 1. The van der Waals surface area contributed by atoms with E-state index in [4.69, 9.17) is 18.9 Å². The fourth-order valence-corrected chi connectivity index (χ4v) is 8.78. The van der Waals surface area contributed by atoms with E-state index in [1.807, 2.05) is 21.1 Å². The fraction of sp³-hybridized carbons (Fsp3) is 0.750. The molecule has 0 aromatic carbocycles. The Morgan fingerprint density at radius 3 is 1.12 bits per heavy atom. The van der Waals surface area contributed by atoms with Crippen molar-refractivity contribution < 1.29 is 42.9 Å². The number of unbranched alkanes of at least 4 members (excludes halogenated alkanes) is 29. The van der Waals surface area contributed by atoms with E-state index in [1.54, 1.807) is 0 Å². The molecule has 0 heterocycles. The summed E-state index contributed by atoms with van der Waals surface area (Å²) in [6, 6.07) is 0. The van der Waals surface area contributed by atoms with Crippen LogP contribution in [0.5, 0.6) is 0 Å². The molecular formula is C68H120NO8+. The van der Waals surface area contributed by atoms with Crippen molar-refractivity contribution in [2.45, 2.75) is 283 Å². The van der Waals surface area contributed by atoms with E-state index in [9.17, 15) is 19.5 Å². The molecule has 0 aromatic heterocycles. The van der Waals surface area contributed by atoms with E-state index in [0.29, 0.717) is 23.9 Å². The van der Waals surface area contributed by atoms with E-state index in [-0.39, 0.29) is 32.2 Å². The molecule has 0 aliphatic carbocycles. The smallest absolute Gasteiger partial charge is 0.361 e. The lowest BCUT2D eigenvalue weighted by Gasteiger charge is -2.25. The number of rotatable bonds is 58. The number of hydrogen-bond donors (Lipinski definition) is 1. The maximum Gasteiger partial charge on any atom is 0.361 e. The zero-order valence-corrected chi connectivity index (χ0v) is 50.6. The lowest BCUT2D eigenvalue weighted by Crippen LogP contribution is -2.40. The number of hydrogen-bond acceptors (Lipinski definition) is 7. The minimum atomic E-state index is -1.52. The fourth-order valence-electron chi connectivity index (χ4n) is 8.78. The molecule has 0 saturated heterocycles. The summed E-state index contributed by atoms with van der Waals surface area (Å²) >= 11 is 0. The van der Waals surface area contributed by atoms with Crippen LogP contribution in [0.25, 0.3) is 0 Å². The van der Waals surface area contributed by atoms with E-state index in [2.05, 4.69) is 98.9 Å². The highest BCUT2D eigenvalue weighted by Crippen LogP contribution is 2.16. The first-order chi connectivity index (χ1) is 37.6. The molecule has 2 unspecified atom stereocenters. The SMILES string of the molecule is CC/C=C\C/C=C\C/C=C\C/C=C\C/C=C\C/C=C\CCCCCCCCCCC(=O)OC(COC(=O)CCCCCCCCCCCCCCC/C=C\CCCCCCCCCC)COC(OCC[N+](C)(C)C)C(=O)O. The molecule has 0 rings (SSSR count). The summed E-state index contributed by atoms with van der Waals surface area (Å²) in [6.07, 6.45) is 75.2. The second-order valence-corrected chi connectivity index (χ2v) is 22.3. The summed E-state index contributed by atoms with van der Waals surface area (Å²) < 4.78 is 22.9. The lowest BCUT2D eigenvalue weighted by molar-refractivity contribution is -0.870. The number of esters is 2. The lowest BCUT2D eigenvalue weighted by atomic mass is 10.0. The molecule has 0 aliphatic rings. The highest BCUT2D eigenvalue weighted by Gasteiger charge is 2.25. The quantitative estimate of drug-likeness (QED) is 0.0211. The summed E-state index contributed by atoms with van der Waals surface area (Å²) in [5.41, 5.74) is 0. The van der Waals surface area contributed by atoms with Crippen molar-refractivity contribution in [2.24, 2.45) is 0 Å². The van der Waals surface area contributed by atoms with Gasteiger partial charge in [-0.2, -0.15) is 0 Å². The largest absolute Gasteiger partial charge is 0.477 e. The van der Waals surface area contributed by atoms with E-state index >= 15 is 0 Å². The summed E-state index contributed by atoms with van der Waals surface area (Å²) in [6.45, 7) is 4.77. The van der Waals surface area contributed by atoms with Gasteiger partial charge >= 0.3 is 17.9 Å². The Bertz CT molecular complexity index is 1540. The van der Waals surface area contributed by atoms with Gasteiger partial charge in [0.25, 0.3) is 6.29 Å². The minimum absolute atomic E-state index is 0.183. The predicted octanol–water partition coefficient (Wildman–Crippen LogP) is 19.1. The molecule has 0 aliphatic heterocycles. The van der Waals surface area contributed by atoms with E-state index in [0.717, 1.165) is 83.5 Å². The van der Waals surface area contributed by atoms with Crippen molar-refractivity contribution in [3.05, 3.63) is 85.1 Å². The van der Waals surface area contributed by atoms with Gasteiger partial charge in [-0.15, -0.1) is 0 Å². The van der Waals surface area contributed by atoms with Gasteiger partial charge in [-0.05, 0) is 89.9 Å². The maximum atomic E-state index is 12.9. The van der Waals surface area contributed by atoms with Gasteiger partial charge in [0, 0.05) is 12.8 Å². The van der Waals surface area contributed by atoms with Crippen LogP contribution in [0.1, 0.15) is 271 Å². The average molecular weight is 1080 g/mol. The van der Waals surface area contributed by atoms with Gasteiger partial charge in [0.2, 0.25) is 0 Å². The molecule has 1 N–H and O–H groups in total. The van der Waals surface area contributed by atoms with Crippen LogP contribution in [0.15, 0.2) is 85.1 Å². The molecular weight excluding hydrogens is 959 g/mol. The van der Waals surface area contributed by atoms with Crippen molar-refractivity contribution in [2.75, 3.05) is 47.5 Å². The van der Waals surface area contributed by atoms with Gasteiger partial charge in [0.1, 0.15) is 13.2 Å². The summed E-state index contributed by atoms with van der Waals surface area (Å²) in [4.78, 5) is 37.5. The molecule has 0 saturated carbocycles. The normalized spacial score (nSPS) is 13.3. The van der Waals surface area contributed by atoms with Gasteiger partial charge in [0.05, 0.1) is 34.4 Å². The Labute approximate surface area is 474 Å². The van der Waals surface area contributed by atoms with Crippen molar-refractivity contribution in [3.8, 4) is 0 Å². The number of carbonyl (C=O) groups is 3. The molecule has 0 amide bonds. The molecule has 9 heteroatoms. The van der Waals surface area contributed by atoms with Gasteiger partial charge in [-0.25, -0.2) is 4.79 Å². The Morgan fingerprint density at radius 2 is 0.740 bits per heavy atom. The number of likely N-dealkylation sites (N-methyl/N-ethyl adjacent to an activating group) is 1. The Balaban J connectivity index is 4.22. The Morgan fingerprint density at radius 1 is 0.403 bits per heavy atom. The summed E-state index contributed by atoms with van der Waals surface area (Å²) in [5, 5.41) is 9.73. The number of carboxylic acid groups (broad SMARTS) is 1. The van der Waals surface area contributed by atoms with Crippen LogP contribution in [0.3, 0.4) is 0 Å². The standard InChI is InChI=1S/C68H119NO8/c1-6-8-10-12-14-16-18-20-22-24-26-28-30-32-33-35-37-39-41-43-45-47-49-51-53-55-57-59-66(71)77-64(63-76-68(67(72)73)74-61-60-69(3,4)5)62-75-65(70)58-56-54-52-50-48-46-44-42-40-38-36-34-31-29-27-25-23-21-19-17-15-13-11-9-7-2/h8,10,14,16,20,22,25-28,32-33,37,39,64,68H,6-7,9,11-13,15,17-19,21,23-24,29-31,34-36,38,40-63H2,1-5H3/p+1/b10-8-,16-14-,22-20-,27-25-,28-26-,33-32-,39-37-. The van der Waals surface area contributed by atoms with Crippen LogP contribution in [-0.2, 0) is 33.3 Å². The average Bonchev–Trinajstić information content (AvgIpc) is 3.40. The van der Waals surface area contributed by atoms with Crippen LogP contribution in [0.4, 0.5) is 0 Å².